The third-order valence-corrected chi connectivity index (χ3v) is 5.62. The number of rotatable bonds is 7. The van der Waals surface area contributed by atoms with Crippen molar-refractivity contribution in [1.29, 1.82) is 0 Å². The van der Waals surface area contributed by atoms with Crippen LogP contribution in [0.25, 0.3) is 0 Å². The lowest BCUT2D eigenvalue weighted by atomic mass is 9.99. The fraction of sp³-hybridized carbons (Fsp3) is 0.933. The summed E-state index contributed by atoms with van der Waals surface area (Å²) in [6.07, 6.45) is 3.73. The van der Waals surface area contributed by atoms with E-state index < -0.39 is 0 Å². The lowest BCUT2D eigenvalue weighted by molar-refractivity contribution is 0.0376. The summed E-state index contributed by atoms with van der Waals surface area (Å²) < 4.78 is 5.36. The summed E-state index contributed by atoms with van der Waals surface area (Å²) in [7, 11) is 0. The first-order valence-electron chi connectivity index (χ1n) is 8.08. The molecule has 2 aliphatic heterocycles. The van der Waals surface area contributed by atoms with Gasteiger partial charge >= 0.3 is 0 Å². The highest BCUT2D eigenvalue weighted by molar-refractivity contribution is 8.14. The third-order valence-electron chi connectivity index (χ3n) is 4.28. The Bertz CT molecular complexity index is 301. The van der Waals surface area contributed by atoms with Crippen LogP contribution in [-0.4, -0.2) is 61.3 Å². The molecule has 2 heterocycles. The van der Waals surface area contributed by atoms with Gasteiger partial charge in [0.25, 0.3) is 0 Å². The maximum absolute atomic E-state index is 5.36. The smallest absolute Gasteiger partial charge is 0.156 e. The monoisotopic (exact) mass is 299 g/mol. The number of amidine groups is 1. The number of hydrogen-bond acceptors (Lipinski definition) is 5. The first kappa shape index (κ1) is 16.1. The van der Waals surface area contributed by atoms with Crippen LogP contribution in [0, 0.1) is 5.92 Å². The Kier molecular flexibility index (Phi) is 7.17. The molecular formula is C15H29N3OS. The van der Waals surface area contributed by atoms with Gasteiger partial charge in [0.2, 0.25) is 0 Å². The number of nitrogens with one attached hydrogen (secondary N) is 1. The van der Waals surface area contributed by atoms with Gasteiger partial charge in [-0.25, -0.2) is 0 Å². The summed E-state index contributed by atoms with van der Waals surface area (Å²) in [4.78, 5) is 7.14. The van der Waals surface area contributed by atoms with Gasteiger partial charge in [0.15, 0.2) is 5.17 Å². The zero-order valence-electron chi connectivity index (χ0n) is 12.9. The van der Waals surface area contributed by atoms with E-state index in [9.17, 15) is 0 Å². The van der Waals surface area contributed by atoms with E-state index in [0.717, 1.165) is 45.3 Å². The largest absolute Gasteiger partial charge is 0.379 e. The third kappa shape index (κ3) is 4.93. The predicted octanol–water partition coefficient (Wildman–Crippen LogP) is 2.21. The van der Waals surface area contributed by atoms with Crippen molar-refractivity contribution in [3.05, 3.63) is 0 Å². The van der Waals surface area contributed by atoms with Crippen molar-refractivity contribution in [3.8, 4) is 0 Å². The van der Waals surface area contributed by atoms with Crippen LogP contribution < -0.4 is 5.32 Å². The van der Waals surface area contributed by atoms with Crippen LogP contribution in [0.1, 0.15) is 33.1 Å². The van der Waals surface area contributed by atoms with Crippen molar-refractivity contribution in [2.75, 3.05) is 45.9 Å². The van der Waals surface area contributed by atoms with Crippen LogP contribution in [0.2, 0.25) is 0 Å². The van der Waals surface area contributed by atoms with E-state index in [2.05, 4.69) is 29.1 Å². The molecule has 116 valence electrons. The normalized spacial score (nSPS) is 24.1. The van der Waals surface area contributed by atoms with Crippen LogP contribution in [-0.2, 0) is 4.74 Å². The highest BCUT2D eigenvalue weighted by Crippen LogP contribution is 2.30. The second-order valence-electron chi connectivity index (χ2n) is 5.61. The van der Waals surface area contributed by atoms with Crippen molar-refractivity contribution < 1.29 is 4.74 Å². The number of morpholine rings is 1. The highest BCUT2D eigenvalue weighted by atomic mass is 32.2. The molecule has 5 heteroatoms. The van der Waals surface area contributed by atoms with Crippen molar-refractivity contribution in [2.24, 2.45) is 10.9 Å². The second-order valence-corrected chi connectivity index (χ2v) is 6.84. The van der Waals surface area contributed by atoms with Crippen LogP contribution >= 0.6 is 11.8 Å². The molecule has 4 nitrogen and oxygen atoms in total. The maximum Gasteiger partial charge on any atom is 0.156 e. The molecule has 1 unspecified atom stereocenters. The molecule has 20 heavy (non-hydrogen) atoms. The molecule has 1 N–H and O–H groups in total. The summed E-state index contributed by atoms with van der Waals surface area (Å²) in [6.45, 7) is 11.8. The minimum Gasteiger partial charge on any atom is -0.379 e. The van der Waals surface area contributed by atoms with E-state index in [1.165, 1.54) is 31.0 Å². The van der Waals surface area contributed by atoms with Crippen LogP contribution in [0.15, 0.2) is 4.99 Å². The van der Waals surface area contributed by atoms with E-state index in [1.54, 1.807) is 0 Å². The van der Waals surface area contributed by atoms with Crippen LogP contribution in [0.3, 0.4) is 0 Å². The molecule has 0 radical (unpaired) electrons. The average molecular weight is 299 g/mol. The van der Waals surface area contributed by atoms with Gasteiger partial charge in [0.05, 0.1) is 19.8 Å². The predicted molar refractivity (Wildman–Crippen MR) is 87.6 cm³/mol. The lowest BCUT2D eigenvalue weighted by Crippen LogP contribution is -2.38. The molecule has 1 saturated heterocycles. The first-order chi connectivity index (χ1) is 9.83. The van der Waals surface area contributed by atoms with E-state index >= 15 is 0 Å². The number of aliphatic imine (C=N–C) groups is 1. The van der Waals surface area contributed by atoms with E-state index in [-0.39, 0.29) is 0 Å². The fourth-order valence-electron chi connectivity index (χ4n) is 2.87. The summed E-state index contributed by atoms with van der Waals surface area (Å²) >= 11 is 1.96. The highest BCUT2D eigenvalue weighted by Gasteiger charge is 2.25. The Morgan fingerprint density at radius 1 is 1.35 bits per heavy atom. The molecule has 0 aromatic carbocycles. The molecule has 0 spiro atoms. The summed E-state index contributed by atoms with van der Waals surface area (Å²) in [5.74, 6) is 0.816. The molecule has 2 aliphatic rings. The lowest BCUT2D eigenvalue weighted by Gasteiger charge is -2.26. The van der Waals surface area contributed by atoms with Crippen LogP contribution in [0.4, 0.5) is 0 Å². The van der Waals surface area contributed by atoms with Crippen LogP contribution in [0.5, 0.6) is 0 Å². The van der Waals surface area contributed by atoms with Crippen molar-refractivity contribution >= 4 is 16.9 Å². The molecule has 1 atom stereocenters. The van der Waals surface area contributed by atoms with Crippen molar-refractivity contribution in [3.63, 3.8) is 0 Å². The minimum atomic E-state index is 0.701. The van der Waals surface area contributed by atoms with Gasteiger partial charge in [-0.1, -0.05) is 38.5 Å². The van der Waals surface area contributed by atoms with Gasteiger partial charge < -0.3 is 10.1 Å². The molecule has 0 aromatic heterocycles. The maximum atomic E-state index is 5.36. The Balaban J connectivity index is 1.56. The summed E-state index contributed by atoms with van der Waals surface area (Å²) in [6, 6.07) is 0. The molecular weight excluding hydrogens is 270 g/mol. The van der Waals surface area contributed by atoms with Gasteiger partial charge in [-0.05, 0) is 18.9 Å². The van der Waals surface area contributed by atoms with E-state index in [0.29, 0.717) is 5.25 Å². The Morgan fingerprint density at radius 2 is 2.10 bits per heavy atom. The van der Waals surface area contributed by atoms with Crippen molar-refractivity contribution in [1.82, 2.24) is 10.2 Å². The standard InChI is InChI=1S/C15H29N3OS/c1-3-13(4-2)14-12-17-15(20-14)16-6-5-7-18-8-10-19-11-9-18/h13-14H,3-12H2,1-2H3,(H,16,17). The van der Waals surface area contributed by atoms with Gasteiger partial charge in [0.1, 0.15) is 0 Å². The first-order valence-corrected chi connectivity index (χ1v) is 8.96. The quantitative estimate of drug-likeness (QED) is 0.731. The molecule has 0 aromatic rings. The number of ether oxygens (including phenoxy) is 1. The van der Waals surface area contributed by atoms with Gasteiger partial charge in [0, 0.05) is 24.9 Å². The molecule has 0 aliphatic carbocycles. The second kappa shape index (κ2) is 8.90. The molecule has 0 saturated carbocycles. The molecule has 0 bridgehead atoms. The summed E-state index contributed by atoms with van der Waals surface area (Å²) in [5, 5.41) is 5.38. The topological polar surface area (TPSA) is 36.9 Å². The Hall–Kier alpha value is -0.260. The number of nitrogens with zero attached hydrogens (tertiary/aromatic N) is 2. The molecule has 0 amide bonds. The SMILES string of the molecule is CCC(CC)C1CN=C(NCCCN2CCOCC2)S1. The van der Waals surface area contributed by atoms with Gasteiger partial charge in [-0.3, -0.25) is 9.89 Å². The van der Waals surface area contributed by atoms with Crippen molar-refractivity contribution in [2.45, 2.75) is 38.4 Å². The molecule has 1 fully saturated rings. The minimum absolute atomic E-state index is 0.701. The average Bonchev–Trinajstić information content (AvgIpc) is 2.95. The zero-order valence-corrected chi connectivity index (χ0v) is 13.8. The Morgan fingerprint density at radius 3 is 2.80 bits per heavy atom. The summed E-state index contributed by atoms with van der Waals surface area (Å²) in [5.41, 5.74) is 0. The van der Waals surface area contributed by atoms with Gasteiger partial charge in [-0.2, -0.15) is 0 Å². The molecule has 2 rings (SSSR count). The van der Waals surface area contributed by atoms with E-state index in [4.69, 9.17) is 4.74 Å². The number of hydrogen-bond donors (Lipinski definition) is 1. The number of thioether (sulfide) groups is 1. The fourth-order valence-corrected chi connectivity index (χ4v) is 4.22. The van der Waals surface area contributed by atoms with Gasteiger partial charge in [-0.15, -0.1) is 0 Å². The van der Waals surface area contributed by atoms with E-state index in [1.807, 2.05) is 11.8 Å². The zero-order chi connectivity index (χ0) is 14.2. The Labute approximate surface area is 127 Å².